The molecule has 26 heavy (non-hydrogen) atoms. The summed E-state index contributed by atoms with van der Waals surface area (Å²) < 4.78 is 5.25. The fourth-order valence-corrected chi connectivity index (χ4v) is 2.95. The van der Waals surface area contributed by atoms with E-state index in [9.17, 15) is 9.59 Å². The lowest BCUT2D eigenvalue weighted by Gasteiger charge is -2.34. The molecule has 1 aromatic rings. The lowest BCUT2D eigenvalue weighted by atomic mass is 10.00. The van der Waals surface area contributed by atoms with E-state index in [2.05, 4.69) is 38.1 Å². The highest BCUT2D eigenvalue weighted by atomic mass is 16.6. The van der Waals surface area contributed by atoms with Gasteiger partial charge in [-0.3, -0.25) is 4.79 Å². The summed E-state index contributed by atoms with van der Waals surface area (Å²) >= 11 is 0. The molecule has 1 saturated heterocycles. The van der Waals surface area contributed by atoms with Gasteiger partial charge in [0, 0.05) is 32.6 Å². The molecule has 2 rings (SSSR count). The molecule has 1 aliphatic rings. The lowest BCUT2D eigenvalue weighted by molar-refractivity contribution is -0.132. The van der Waals surface area contributed by atoms with Gasteiger partial charge in [0.05, 0.1) is 6.61 Å². The van der Waals surface area contributed by atoms with Gasteiger partial charge in [0.1, 0.15) is 0 Å². The average molecular weight is 360 g/mol. The minimum atomic E-state index is -0.268. The number of nitrogens with zero attached hydrogens (tertiary/aromatic N) is 2. The van der Waals surface area contributed by atoms with Crippen molar-refractivity contribution in [3.05, 3.63) is 35.4 Å². The number of amides is 2. The predicted molar refractivity (Wildman–Crippen MR) is 103 cm³/mol. The normalized spacial score (nSPS) is 14.8. The second-order valence-corrected chi connectivity index (χ2v) is 7.73. The highest BCUT2D eigenvalue weighted by Gasteiger charge is 2.24. The maximum absolute atomic E-state index is 12.4. The van der Waals surface area contributed by atoms with Crippen LogP contribution in [0.2, 0.25) is 0 Å². The Morgan fingerprint density at radius 2 is 1.54 bits per heavy atom. The van der Waals surface area contributed by atoms with E-state index in [0.717, 1.165) is 6.42 Å². The van der Waals surface area contributed by atoms with Gasteiger partial charge in [0.25, 0.3) is 0 Å². The summed E-state index contributed by atoms with van der Waals surface area (Å²) in [7, 11) is 0. The second kappa shape index (κ2) is 9.60. The van der Waals surface area contributed by atoms with Gasteiger partial charge in [-0.2, -0.15) is 0 Å². The zero-order valence-corrected chi connectivity index (χ0v) is 16.5. The molecule has 144 valence electrons. The van der Waals surface area contributed by atoms with Crippen LogP contribution in [0.1, 0.15) is 51.2 Å². The quantitative estimate of drug-likeness (QED) is 0.777. The third kappa shape index (κ3) is 6.04. The lowest BCUT2D eigenvalue weighted by Crippen LogP contribution is -2.50. The average Bonchev–Trinajstić information content (AvgIpc) is 2.64. The number of ether oxygens (including phenoxy) is 1. The number of carbonyl (C=O) groups excluding carboxylic acids is 2. The molecule has 1 fully saturated rings. The molecule has 5 nitrogen and oxygen atoms in total. The Bertz CT molecular complexity index is 588. The van der Waals surface area contributed by atoms with E-state index in [4.69, 9.17) is 4.74 Å². The van der Waals surface area contributed by atoms with E-state index in [1.165, 1.54) is 11.1 Å². The third-order valence-electron chi connectivity index (χ3n) is 4.70. The first-order chi connectivity index (χ1) is 12.4. The molecule has 1 aliphatic heterocycles. The van der Waals surface area contributed by atoms with Gasteiger partial charge < -0.3 is 14.5 Å². The first-order valence-electron chi connectivity index (χ1n) is 9.65. The van der Waals surface area contributed by atoms with Crippen LogP contribution in [-0.4, -0.2) is 54.6 Å². The van der Waals surface area contributed by atoms with Crippen molar-refractivity contribution >= 4 is 12.0 Å². The molecular weight excluding hydrogens is 328 g/mol. The molecule has 0 bridgehead atoms. The van der Waals surface area contributed by atoms with Gasteiger partial charge in [-0.1, -0.05) is 52.0 Å². The van der Waals surface area contributed by atoms with Crippen molar-refractivity contribution in [3.63, 3.8) is 0 Å². The van der Waals surface area contributed by atoms with Crippen LogP contribution in [0.5, 0.6) is 0 Å². The van der Waals surface area contributed by atoms with E-state index in [0.29, 0.717) is 51.0 Å². The molecular formula is C21H32N2O3. The van der Waals surface area contributed by atoms with Crippen LogP contribution in [-0.2, 0) is 16.0 Å². The molecule has 2 amide bonds. The summed E-state index contributed by atoms with van der Waals surface area (Å²) in [6.45, 7) is 11.1. The summed E-state index contributed by atoms with van der Waals surface area (Å²) in [5.41, 5.74) is 2.51. The Morgan fingerprint density at radius 1 is 0.962 bits per heavy atom. The largest absolute Gasteiger partial charge is 0.449 e. The Balaban J connectivity index is 1.73. The number of piperazine rings is 1. The van der Waals surface area contributed by atoms with Crippen LogP contribution >= 0.6 is 0 Å². The zero-order chi connectivity index (χ0) is 19.1. The van der Waals surface area contributed by atoms with Crippen LogP contribution in [0.3, 0.4) is 0 Å². The van der Waals surface area contributed by atoms with Crippen LogP contribution in [0.4, 0.5) is 4.79 Å². The smallest absolute Gasteiger partial charge is 0.409 e. The van der Waals surface area contributed by atoms with Crippen LogP contribution < -0.4 is 0 Å². The molecule has 0 N–H and O–H groups in total. The standard InChI is InChI=1S/C21H32N2O3/c1-16(2)15-26-21(25)23-13-11-22(12-14-23)20(24)10-7-18-5-8-19(9-6-18)17(3)4/h5-6,8-9,16-17H,7,10-15H2,1-4H3. The monoisotopic (exact) mass is 360 g/mol. The molecule has 0 aromatic heterocycles. The van der Waals surface area contributed by atoms with E-state index in [-0.39, 0.29) is 12.0 Å². The number of carbonyl (C=O) groups is 2. The van der Waals surface area contributed by atoms with Crippen LogP contribution in [0, 0.1) is 5.92 Å². The molecule has 0 saturated carbocycles. The van der Waals surface area contributed by atoms with Gasteiger partial charge in [-0.15, -0.1) is 0 Å². The van der Waals surface area contributed by atoms with Crippen molar-refractivity contribution in [2.75, 3.05) is 32.8 Å². The number of hydrogen-bond donors (Lipinski definition) is 0. The van der Waals surface area contributed by atoms with Crippen LogP contribution in [0.25, 0.3) is 0 Å². The first-order valence-corrected chi connectivity index (χ1v) is 9.65. The van der Waals surface area contributed by atoms with Crippen molar-refractivity contribution in [3.8, 4) is 0 Å². The van der Waals surface area contributed by atoms with Gasteiger partial charge >= 0.3 is 6.09 Å². The Kier molecular flexibility index (Phi) is 7.49. The molecule has 0 atom stereocenters. The van der Waals surface area contributed by atoms with Crippen LogP contribution in [0.15, 0.2) is 24.3 Å². The molecule has 0 spiro atoms. The van der Waals surface area contributed by atoms with Gasteiger partial charge in [-0.05, 0) is 29.4 Å². The number of benzene rings is 1. The Morgan fingerprint density at radius 3 is 2.08 bits per heavy atom. The summed E-state index contributed by atoms with van der Waals surface area (Å²) in [6.07, 6.45) is 1.00. The predicted octanol–water partition coefficient (Wildman–Crippen LogP) is 3.68. The van der Waals surface area contributed by atoms with Crippen molar-refractivity contribution < 1.29 is 14.3 Å². The van der Waals surface area contributed by atoms with Gasteiger partial charge in [-0.25, -0.2) is 4.79 Å². The van der Waals surface area contributed by atoms with Crippen molar-refractivity contribution in [2.24, 2.45) is 5.92 Å². The summed E-state index contributed by atoms with van der Waals surface area (Å²) in [5.74, 6) is 1.01. The number of rotatable bonds is 6. The molecule has 0 unspecified atom stereocenters. The maximum Gasteiger partial charge on any atom is 0.409 e. The van der Waals surface area contributed by atoms with Gasteiger partial charge in [0.15, 0.2) is 0 Å². The van der Waals surface area contributed by atoms with Crippen molar-refractivity contribution in [2.45, 2.75) is 46.5 Å². The first kappa shape index (κ1) is 20.3. The fourth-order valence-electron chi connectivity index (χ4n) is 2.95. The third-order valence-corrected chi connectivity index (χ3v) is 4.70. The summed E-state index contributed by atoms with van der Waals surface area (Å²) in [5, 5.41) is 0. The highest BCUT2D eigenvalue weighted by Crippen LogP contribution is 2.16. The summed E-state index contributed by atoms with van der Waals surface area (Å²) in [4.78, 5) is 27.9. The second-order valence-electron chi connectivity index (χ2n) is 7.73. The number of hydrogen-bond acceptors (Lipinski definition) is 3. The molecule has 1 heterocycles. The van der Waals surface area contributed by atoms with E-state index in [1.807, 2.05) is 18.7 Å². The number of aryl methyl sites for hydroxylation is 1. The Labute approximate surface area is 157 Å². The minimum Gasteiger partial charge on any atom is -0.449 e. The minimum absolute atomic E-state index is 0.160. The SMILES string of the molecule is CC(C)COC(=O)N1CCN(C(=O)CCc2ccc(C(C)C)cc2)CC1. The van der Waals surface area contributed by atoms with E-state index in [1.54, 1.807) is 4.90 Å². The molecule has 0 radical (unpaired) electrons. The zero-order valence-electron chi connectivity index (χ0n) is 16.5. The highest BCUT2D eigenvalue weighted by molar-refractivity contribution is 5.77. The van der Waals surface area contributed by atoms with Crippen molar-refractivity contribution in [1.29, 1.82) is 0 Å². The fraction of sp³-hybridized carbons (Fsp3) is 0.619. The van der Waals surface area contributed by atoms with Gasteiger partial charge in [0.2, 0.25) is 5.91 Å². The summed E-state index contributed by atoms with van der Waals surface area (Å²) in [6, 6.07) is 8.52. The van der Waals surface area contributed by atoms with E-state index < -0.39 is 0 Å². The topological polar surface area (TPSA) is 49.9 Å². The van der Waals surface area contributed by atoms with Crippen molar-refractivity contribution in [1.82, 2.24) is 9.80 Å². The van der Waals surface area contributed by atoms with E-state index >= 15 is 0 Å². The Hall–Kier alpha value is -2.04. The molecule has 1 aromatic carbocycles. The molecule has 5 heteroatoms. The maximum atomic E-state index is 12.4. The molecule has 0 aliphatic carbocycles.